The lowest BCUT2D eigenvalue weighted by atomic mass is 10.1. The number of piperidine rings is 1. The van der Waals surface area contributed by atoms with Crippen molar-refractivity contribution in [3.05, 3.63) is 73.1 Å². The lowest BCUT2D eigenvalue weighted by molar-refractivity contribution is 0.575. The van der Waals surface area contributed by atoms with Gasteiger partial charge >= 0.3 is 0 Å². The van der Waals surface area contributed by atoms with E-state index in [9.17, 15) is 8.42 Å². The maximum atomic E-state index is 13.9. The van der Waals surface area contributed by atoms with Gasteiger partial charge in [-0.2, -0.15) is 0 Å². The van der Waals surface area contributed by atoms with Gasteiger partial charge in [0.2, 0.25) is 0 Å². The molecule has 160 valence electrons. The number of aromatic nitrogens is 3. The molecule has 0 bridgehead atoms. The first-order valence-electron chi connectivity index (χ1n) is 10.9. The topological polar surface area (TPSA) is 68.1 Å². The van der Waals surface area contributed by atoms with Crippen LogP contribution in [0.5, 0.6) is 0 Å². The highest BCUT2D eigenvalue weighted by Crippen LogP contribution is 2.36. The molecule has 0 aliphatic carbocycles. The van der Waals surface area contributed by atoms with Crippen molar-refractivity contribution in [3.63, 3.8) is 0 Å². The fourth-order valence-corrected chi connectivity index (χ4v) is 6.28. The minimum absolute atomic E-state index is 0.202. The van der Waals surface area contributed by atoms with Crippen LogP contribution in [0, 0.1) is 0 Å². The van der Waals surface area contributed by atoms with Gasteiger partial charge in [0.25, 0.3) is 10.0 Å². The predicted molar refractivity (Wildman–Crippen MR) is 128 cm³/mol. The Morgan fingerprint density at radius 1 is 0.812 bits per heavy atom. The van der Waals surface area contributed by atoms with E-state index in [1.165, 1.54) is 10.4 Å². The Bertz CT molecular complexity index is 1580. The largest absolute Gasteiger partial charge is 0.356 e. The number of nitrogens with zero attached hydrogens (tertiary/aromatic N) is 4. The number of benzene rings is 2. The van der Waals surface area contributed by atoms with E-state index in [1.54, 1.807) is 24.5 Å². The number of fused-ring (bicyclic) bond motifs is 4. The van der Waals surface area contributed by atoms with Crippen LogP contribution in [-0.4, -0.2) is 35.4 Å². The number of hydrogen-bond acceptors (Lipinski definition) is 5. The van der Waals surface area contributed by atoms with Gasteiger partial charge in [-0.3, -0.25) is 4.98 Å². The number of anilines is 1. The molecular weight excluding hydrogens is 420 g/mol. The van der Waals surface area contributed by atoms with Crippen LogP contribution >= 0.6 is 0 Å². The molecule has 7 heteroatoms. The second-order valence-corrected chi connectivity index (χ2v) is 9.99. The van der Waals surface area contributed by atoms with Crippen molar-refractivity contribution in [1.82, 2.24) is 13.9 Å². The van der Waals surface area contributed by atoms with Crippen LogP contribution in [0.4, 0.5) is 5.82 Å². The maximum absolute atomic E-state index is 13.9. The minimum atomic E-state index is -3.88. The monoisotopic (exact) mass is 442 g/mol. The van der Waals surface area contributed by atoms with Gasteiger partial charge in [0.15, 0.2) is 0 Å². The molecule has 1 fully saturated rings. The van der Waals surface area contributed by atoms with Crippen LogP contribution in [0.3, 0.4) is 0 Å². The summed E-state index contributed by atoms with van der Waals surface area (Å²) in [4.78, 5) is 11.8. The van der Waals surface area contributed by atoms with Gasteiger partial charge in [-0.25, -0.2) is 17.4 Å². The smallest absolute Gasteiger partial charge is 0.270 e. The molecule has 0 radical (unpaired) electrons. The molecule has 4 heterocycles. The van der Waals surface area contributed by atoms with Gasteiger partial charge in [-0.1, -0.05) is 36.4 Å². The fraction of sp³-hybridized carbons (Fsp3) is 0.200. The summed E-state index contributed by atoms with van der Waals surface area (Å²) in [6.07, 6.45) is 6.75. The molecule has 0 atom stereocenters. The lowest BCUT2D eigenvalue weighted by Gasteiger charge is -2.28. The van der Waals surface area contributed by atoms with Crippen molar-refractivity contribution in [1.29, 1.82) is 0 Å². The summed E-state index contributed by atoms with van der Waals surface area (Å²) in [6.45, 7) is 1.87. The van der Waals surface area contributed by atoms with Crippen molar-refractivity contribution in [3.8, 4) is 0 Å². The summed E-state index contributed by atoms with van der Waals surface area (Å²) >= 11 is 0. The highest BCUT2D eigenvalue weighted by molar-refractivity contribution is 7.90. The predicted octanol–water partition coefficient (Wildman–Crippen LogP) is 4.97. The van der Waals surface area contributed by atoms with Crippen molar-refractivity contribution >= 4 is 48.5 Å². The molecule has 0 unspecified atom stereocenters. The van der Waals surface area contributed by atoms with E-state index in [0.717, 1.165) is 53.4 Å². The van der Waals surface area contributed by atoms with Crippen molar-refractivity contribution in [2.75, 3.05) is 18.0 Å². The van der Waals surface area contributed by atoms with Crippen LogP contribution < -0.4 is 4.90 Å². The quantitative estimate of drug-likeness (QED) is 0.395. The Morgan fingerprint density at radius 3 is 2.50 bits per heavy atom. The fourth-order valence-electron chi connectivity index (χ4n) is 4.74. The number of para-hydroxylation sites is 2. The van der Waals surface area contributed by atoms with Gasteiger partial charge in [0.1, 0.15) is 10.7 Å². The van der Waals surface area contributed by atoms with Crippen molar-refractivity contribution < 1.29 is 8.42 Å². The molecule has 0 N–H and O–H groups in total. The molecule has 5 aromatic rings. The van der Waals surface area contributed by atoms with Crippen LogP contribution in [-0.2, 0) is 10.0 Å². The van der Waals surface area contributed by atoms with Gasteiger partial charge in [-0.15, -0.1) is 0 Å². The third-order valence-electron chi connectivity index (χ3n) is 6.27. The van der Waals surface area contributed by atoms with Crippen molar-refractivity contribution in [2.45, 2.75) is 24.2 Å². The van der Waals surface area contributed by atoms with Gasteiger partial charge in [-0.05, 0) is 43.5 Å². The number of hydrogen-bond donors (Lipinski definition) is 0. The van der Waals surface area contributed by atoms with E-state index in [1.807, 2.05) is 48.5 Å². The molecule has 0 saturated carbocycles. The van der Waals surface area contributed by atoms with Gasteiger partial charge < -0.3 is 4.90 Å². The Balaban J connectivity index is 1.66. The Kier molecular flexibility index (Phi) is 4.40. The second-order valence-electron chi connectivity index (χ2n) is 8.21. The number of pyridine rings is 2. The molecule has 32 heavy (non-hydrogen) atoms. The summed E-state index contributed by atoms with van der Waals surface area (Å²) in [6, 6.07) is 18.6. The highest BCUT2D eigenvalue weighted by atomic mass is 32.2. The van der Waals surface area contributed by atoms with Gasteiger partial charge in [0.05, 0.1) is 16.6 Å². The zero-order chi connectivity index (χ0) is 21.7. The number of rotatable bonds is 3. The molecule has 0 spiro atoms. The summed E-state index contributed by atoms with van der Waals surface area (Å²) in [7, 11) is -3.88. The maximum Gasteiger partial charge on any atom is 0.270 e. The van der Waals surface area contributed by atoms with E-state index >= 15 is 0 Å². The highest BCUT2D eigenvalue weighted by Gasteiger charge is 2.26. The molecule has 1 aliphatic rings. The first-order valence-corrected chi connectivity index (χ1v) is 12.3. The summed E-state index contributed by atoms with van der Waals surface area (Å²) < 4.78 is 29.3. The zero-order valence-electron chi connectivity index (χ0n) is 17.5. The summed E-state index contributed by atoms with van der Waals surface area (Å²) in [5.74, 6) is 0.864. The SMILES string of the molecule is O=S(=O)(c1cccc2cccnc12)n1ccc2c(N3CCCCC3)nc3ccccc3c21. The molecule has 1 aliphatic heterocycles. The molecule has 2 aromatic carbocycles. The lowest BCUT2D eigenvalue weighted by Crippen LogP contribution is -2.30. The molecule has 1 saturated heterocycles. The van der Waals surface area contributed by atoms with E-state index in [0.29, 0.717) is 11.0 Å². The van der Waals surface area contributed by atoms with Gasteiger partial charge in [0, 0.05) is 41.6 Å². The van der Waals surface area contributed by atoms with Crippen LogP contribution in [0.25, 0.3) is 32.7 Å². The molecule has 6 rings (SSSR count). The standard InChI is InChI=1S/C25H22N4O2S/c30-32(31,22-12-6-8-18-9-7-14-26-23(18)22)29-17-13-20-24(29)19-10-2-3-11-21(19)27-25(20)28-15-4-1-5-16-28/h2-3,6-14,17H,1,4-5,15-16H2. The van der Waals surface area contributed by atoms with Crippen LogP contribution in [0.15, 0.2) is 78.0 Å². The Hall–Kier alpha value is -3.45. The van der Waals surface area contributed by atoms with Crippen molar-refractivity contribution in [2.24, 2.45) is 0 Å². The first-order chi connectivity index (χ1) is 15.6. The second kappa shape index (κ2) is 7.31. The van der Waals surface area contributed by atoms with E-state index < -0.39 is 10.0 Å². The molecule has 0 amide bonds. The Morgan fingerprint density at radius 2 is 1.62 bits per heavy atom. The van der Waals surface area contributed by atoms with E-state index in [4.69, 9.17) is 4.98 Å². The van der Waals surface area contributed by atoms with Crippen LogP contribution in [0.2, 0.25) is 0 Å². The minimum Gasteiger partial charge on any atom is -0.356 e. The zero-order valence-corrected chi connectivity index (χ0v) is 18.3. The molecular formula is C25H22N4O2S. The average molecular weight is 443 g/mol. The molecule has 3 aromatic heterocycles. The molecule has 6 nitrogen and oxygen atoms in total. The summed E-state index contributed by atoms with van der Waals surface area (Å²) in [5, 5.41) is 2.48. The van der Waals surface area contributed by atoms with Crippen LogP contribution in [0.1, 0.15) is 19.3 Å². The Labute approximate surface area is 186 Å². The first kappa shape index (κ1) is 19.3. The summed E-state index contributed by atoms with van der Waals surface area (Å²) in [5.41, 5.74) is 1.95. The van der Waals surface area contributed by atoms with E-state index in [-0.39, 0.29) is 4.90 Å². The average Bonchev–Trinajstić information content (AvgIpc) is 3.30. The normalized spacial score (nSPS) is 15.1. The third-order valence-corrected chi connectivity index (χ3v) is 7.97. The van der Waals surface area contributed by atoms with E-state index in [2.05, 4.69) is 9.88 Å². The third kappa shape index (κ3) is 2.88.